The molecular weight excluding hydrogens is 329 g/mol. The van der Waals surface area contributed by atoms with Gasteiger partial charge in [-0.2, -0.15) is 11.3 Å². The molecule has 2 aromatic heterocycles. The zero-order valence-corrected chi connectivity index (χ0v) is 13.6. The van der Waals surface area contributed by atoms with Crippen molar-refractivity contribution in [3.05, 3.63) is 52.0 Å². The van der Waals surface area contributed by atoms with Crippen LogP contribution in [0.4, 0.5) is 0 Å². The lowest BCUT2D eigenvalue weighted by Gasteiger charge is -2.10. The number of hydrogen-bond acceptors (Lipinski definition) is 7. The van der Waals surface area contributed by atoms with Gasteiger partial charge in [-0.05, 0) is 29.9 Å². The van der Waals surface area contributed by atoms with Crippen molar-refractivity contribution >= 4 is 30.2 Å². The van der Waals surface area contributed by atoms with Crippen LogP contribution in [0.15, 0.2) is 39.4 Å². The van der Waals surface area contributed by atoms with E-state index in [-0.39, 0.29) is 23.4 Å². The Morgan fingerprint density at radius 2 is 2.21 bits per heavy atom. The Bertz CT molecular complexity index is 844. The molecule has 0 amide bonds. The molecule has 2 N–H and O–H groups in total. The average Bonchev–Trinajstić information content (AvgIpc) is 3.22. The number of carbonyl (C=O) groups is 1. The van der Waals surface area contributed by atoms with Gasteiger partial charge in [-0.1, -0.05) is 12.1 Å². The van der Waals surface area contributed by atoms with Crippen LogP contribution in [0, 0.1) is 6.92 Å². The molecular formula is C16H14BNO5S. The molecule has 122 valence electrons. The number of aromatic nitrogens is 1. The van der Waals surface area contributed by atoms with E-state index in [2.05, 4.69) is 4.98 Å². The van der Waals surface area contributed by atoms with Crippen LogP contribution in [0.2, 0.25) is 0 Å². The van der Waals surface area contributed by atoms with Crippen LogP contribution < -0.4 is 10.2 Å². The molecule has 0 spiro atoms. The molecule has 3 aromatic rings. The van der Waals surface area contributed by atoms with Gasteiger partial charge in [-0.3, -0.25) is 4.79 Å². The second-order valence-corrected chi connectivity index (χ2v) is 5.85. The molecule has 1 aromatic carbocycles. The maximum atomic E-state index is 11.3. The fourth-order valence-corrected chi connectivity index (χ4v) is 2.89. The molecule has 0 aliphatic carbocycles. The van der Waals surface area contributed by atoms with Gasteiger partial charge >= 0.3 is 7.12 Å². The summed E-state index contributed by atoms with van der Waals surface area (Å²) in [5.74, 6) is 1.40. The third kappa shape index (κ3) is 3.26. The van der Waals surface area contributed by atoms with Crippen molar-refractivity contribution in [2.75, 3.05) is 0 Å². The summed E-state index contributed by atoms with van der Waals surface area (Å²) in [5.41, 5.74) is 1.71. The fraction of sp³-hybridized carbons (Fsp3) is 0.125. The number of thiophene rings is 1. The Morgan fingerprint density at radius 3 is 2.88 bits per heavy atom. The number of carbonyl (C=O) groups excluding carboxylic acids is 1. The lowest BCUT2D eigenvalue weighted by Crippen LogP contribution is -2.33. The van der Waals surface area contributed by atoms with E-state index in [1.807, 2.05) is 16.8 Å². The van der Waals surface area contributed by atoms with Crippen molar-refractivity contribution in [2.45, 2.75) is 13.5 Å². The quantitative estimate of drug-likeness (QED) is 0.524. The summed E-state index contributed by atoms with van der Waals surface area (Å²) in [4.78, 5) is 15.7. The van der Waals surface area contributed by atoms with E-state index in [1.54, 1.807) is 30.4 Å². The van der Waals surface area contributed by atoms with Crippen LogP contribution in [-0.2, 0) is 6.61 Å². The molecule has 0 unspecified atom stereocenters. The second-order valence-electron chi connectivity index (χ2n) is 5.07. The number of rotatable bonds is 6. The maximum absolute atomic E-state index is 11.3. The predicted octanol–water partition coefficient (Wildman–Crippen LogP) is 1.78. The number of benzene rings is 1. The topological polar surface area (TPSA) is 92.8 Å². The summed E-state index contributed by atoms with van der Waals surface area (Å²) >= 11 is 1.55. The van der Waals surface area contributed by atoms with Gasteiger partial charge in [0.1, 0.15) is 23.8 Å². The van der Waals surface area contributed by atoms with E-state index < -0.39 is 7.12 Å². The minimum Gasteiger partial charge on any atom is -0.486 e. The summed E-state index contributed by atoms with van der Waals surface area (Å²) in [7, 11) is -1.74. The Labute approximate surface area is 142 Å². The molecule has 0 aliphatic heterocycles. The van der Waals surface area contributed by atoms with Gasteiger partial charge in [-0.25, -0.2) is 4.98 Å². The van der Waals surface area contributed by atoms with Gasteiger partial charge in [0.05, 0.1) is 5.56 Å². The van der Waals surface area contributed by atoms with Crippen molar-refractivity contribution in [1.82, 2.24) is 4.98 Å². The van der Waals surface area contributed by atoms with Crippen LogP contribution in [-0.4, -0.2) is 28.4 Å². The number of oxazole rings is 1. The Kier molecular flexibility index (Phi) is 4.80. The molecule has 0 radical (unpaired) electrons. The lowest BCUT2D eigenvalue weighted by atomic mass is 9.77. The highest BCUT2D eigenvalue weighted by Gasteiger charge is 2.19. The normalized spacial score (nSPS) is 10.6. The molecule has 0 aliphatic rings. The first-order chi connectivity index (χ1) is 11.6. The lowest BCUT2D eigenvalue weighted by molar-refractivity contribution is 0.111. The van der Waals surface area contributed by atoms with E-state index in [4.69, 9.17) is 9.15 Å². The fourth-order valence-electron chi connectivity index (χ4n) is 2.26. The van der Waals surface area contributed by atoms with Gasteiger partial charge in [0.25, 0.3) is 0 Å². The number of aldehydes is 1. The number of nitrogens with zero attached hydrogens (tertiary/aromatic N) is 1. The first kappa shape index (κ1) is 16.4. The minimum absolute atomic E-state index is 0.0957. The van der Waals surface area contributed by atoms with Crippen LogP contribution in [0.25, 0.3) is 11.5 Å². The van der Waals surface area contributed by atoms with Crippen LogP contribution in [0.1, 0.15) is 21.8 Å². The molecule has 0 saturated carbocycles. The van der Waals surface area contributed by atoms with E-state index in [9.17, 15) is 14.8 Å². The first-order valence-corrected chi connectivity index (χ1v) is 8.10. The van der Waals surface area contributed by atoms with Crippen molar-refractivity contribution in [3.8, 4) is 17.2 Å². The molecule has 2 heterocycles. The molecule has 24 heavy (non-hydrogen) atoms. The third-order valence-corrected chi connectivity index (χ3v) is 4.20. The number of ether oxygens (including phenoxy) is 1. The van der Waals surface area contributed by atoms with Crippen molar-refractivity contribution in [1.29, 1.82) is 0 Å². The zero-order valence-electron chi connectivity index (χ0n) is 12.8. The standard InChI is InChI=1S/C16H14BNO5S/c1-10-14(18-16(23-10)11-5-6-24-9-11)8-22-15-4-2-3-13(17(20)21)12(15)7-19/h2-7,9,20-21H,8H2,1H3. The maximum Gasteiger partial charge on any atom is 0.489 e. The molecule has 0 atom stereocenters. The molecule has 8 heteroatoms. The average molecular weight is 343 g/mol. The number of hydrogen-bond donors (Lipinski definition) is 2. The van der Waals surface area contributed by atoms with E-state index in [0.29, 0.717) is 23.6 Å². The van der Waals surface area contributed by atoms with Gasteiger partial charge in [-0.15, -0.1) is 0 Å². The van der Waals surface area contributed by atoms with Crippen molar-refractivity contribution in [3.63, 3.8) is 0 Å². The van der Waals surface area contributed by atoms with E-state index in [0.717, 1.165) is 5.56 Å². The van der Waals surface area contributed by atoms with Crippen molar-refractivity contribution < 1.29 is 24.0 Å². The van der Waals surface area contributed by atoms with Crippen LogP contribution in [0.3, 0.4) is 0 Å². The highest BCUT2D eigenvalue weighted by molar-refractivity contribution is 7.08. The Balaban J connectivity index is 1.82. The van der Waals surface area contributed by atoms with Gasteiger partial charge < -0.3 is 19.2 Å². The SMILES string of the molecule is Cc1oc(-c2ccsc2)nc1COc1cccc(B(O)O)c1C=O. The Hall–Kier alpha value is -2.42. The molecule has 0 fully saturated rings. The Morgan fingerprint density at radius 1 is 1.38 bits per heavy atom. The smallest absolute Gasteiger partial charge is 0.486 e. The molecule has 3 rings (SSSR count). The van der Waals surface area contributed by atoms with E-state index in [1.165, 1.54) is 6.07 Å². The first-order valence-electron chi connectivity index (χ1n) is 7.16. The summed E-state index contributed by atoms with van der Waals surface area (Å²) < 4.78 is 11.3. The van der Waals surface area contributed by atoms with Crippen molar-refractivity contribution in [2.24, 2.45) is 0 Å². The second kappa shape index (κ2) is 7.00. The highest BCUT2D eigenvalue weighted by atomic mass is 32.1. The summed E-state index contributed by atoms with van der Waals surface area (Å²) in [6.45, 7) is 1.89. The van der Waals surface area contributed by atoms with Crippen LogP contribution in [0.5, 0.6) is 5.75 Å². The van der Waals surface area contributed by atoms with Gasteiger partial charge in [0, 0.05) is 10.9 Å². The third-order valence-electron chi connectivity index (χ3n) is 3.52. The highest BCUT2D eigenvalue weighted by Crippen LogP contribution is 2.25. The monoisotopic (exact) mass is 343 g/mol. The van der Waals surface area contributed by atoms with Gasteiger partial charge in [0.2, 0.25) is 5.89 Å². The predicted molar refractivity (Wildman–Crippen MR) is 90.5 cm³/mol. The largest absolute Gasteiger partial charge is 0.489 e. The van der Waals surface area contributed by atoms with Gasteiger partial charge in [0.15, 0.2) is 6.29 Å². The molecule has 0 saturated heterocycles. The van der Waals surface area contributed by atoms with E-state index >= 15 is 0 Å². The summed E-state index contributed by atoms with van der Waals surface area (Å²) in [6.07, 6.45) is 0.538. The number of aryl methyl sites for hydroxylation is 1. The zero-order chi connectivity index (χ0) is 17.1. The van der Waals surface area contributed by atoms with Crippen LogP contribution >= 0.6 is 11.3 Å². The molecule has 0 bridgehead atoms. The summed E-state index contributed by atoms with van der Waals surface area (Å²) in [5, 5.41) is 22.5. The molecule has 6 nitrogen and oxygen atoms in total. The minimum atomic E-state index is -1.74. The summed E-state index contributed by atoms with van der Waals surface area (Å²) in [6, 6.07) is 6.54.